The first kappa shape index (κ1) is 15.8. The number of hydrogen-bond donors (Lipinski definition) is 2. The molecule has 0 bridgehead atoms. The number of aryl methyl sites for hydroxylation is 1. The van der Waals surface area contributed by atoms with E-state index in [4.69, 9.17) is 0 Å². The van der Waals surface area contributed by atoms with Crippen molar-refractivity contribution < 1.29 is 15.0 Å². The highest BCUT2D eigenvalue weighted by Crippen LogP contribution is 2.24. The van der Waals surface area contributed by atoms with Gasteiger partial charge in [-0.2, -0.15) is 0 Å². The van der Waals surface area contributed by atoms with Crippen molar-refractivity contribution in [2.45, 2.75) is 58.1 Å². The van der Waals surface area contributed by atoms with Gasteiger partial charge in [0.25, 0.3) is 5.91 Å². The highest BCUT2D eigenvalue weighted by molar-refractivity contribution is 5.95. The van der Waals surface area contributed by atoms with Crippen molar-refractivity contribution in [1.29, 1.82) is 0 Å². The second-order valence-corrected chi connectivity index (χ2v) is 6.09. The minimum Gasteiger partial charge on any atom is -0.508 e. The van der Waals surface area contributed by atoms with Gasteiger partial charge in [-0.15, -0.1) is 0 Å². The normalized spacial score (nSPS) is 20.9. The van der Waals surface area contributed by atoms with Crippen LogP contribution in [0, 0.1) is 6.92 Å². The summed E-state index contributed by atoms with van der Waals surface area (Å²) >= 11 is 0. The summed E-state index contributed by atoms with van der Waals surface area (Å²) in [4.78, 5) is 14.6. The molecule has 4 nitrogen and oxygen atoms in total. The van der Waals surface area contributed by atoms with E-state index in [0.29, 0.717) is 12.0 Å². The number of phenols is 1. The molecule has 116 valence electrons. The number of aliphatic hydroxyl groups excluding tert-OH is 1. The van der Waals surface area contributed by atoms with E-state index in [1.54, 1.807) is 25.1 Å². The SMILES string of the molecule is Cc1ccc(C(=O)N2CCCCCC2CC(C)O)cc1O. The van der Waals surface area contributed by atoms with Crippen LogP contribution in [0.1, 0.15) is 54.9 Å². The Hall–Kier alpha value is -1.55. The first-order valence-electron chi connectivity index (χ1n) is 7.77. The lowest BCUT2D eigenvalue weighted by Gasteiger charge is -2.31. The van der Waals surface area contributed by atoms with Gasteiger partial charge >= 0.3 is 0 Å². The summed E-state index contributed by atoms with van der Waals surface area (Å²) in [5.74, 6) is 0.112. The summed E-state index contributed by atoms with van der Waals surface area (Å²) in [6.45, 7) is 4.31. The molecule has 2 unspecified atom stereocenters. The molecule has 1 saturated heterocycles. The Morgan fingerprint density at radius 3 is 2.81 bits per heavy atom. The maximum Gasteiger partial charge on any atom is 0.254 e. The fourth-order valence-electron chi connectivity index (χ4n) is 2.99. The monoisotopic (exact) mass is 291 g/mol. The number of rotatable bonds is 3. The fourth-order valence-corrected chi connectivity index (χ4v) is 2.99. The van der Waals surface area contributed by atoms with E-state index in [2.05, 4.69) is 0 Å². The van der Waals surface area contributed by atoms with Crippen LogP contribution in [0.2, 0.25) is 0 Å². The topological polar surface area (TPSA) is 60.8 Å². The zero-order chi connectivity index (χ0) is 15.4. The van der Waals surface area contributed by atoms with Gasteiger partial charge in [0, 0.05) is 18.2 Å². The molecule has 0 radical (unpaired) electrons. The number of nitrogens with zero attached hydrogens (tertiary/aromatic N) is 1. The van der Waals surface area contributed by atoms with Crippen LogP contribution in [-0.2, 0) is 0 Å². The molecule has 2 atom stereocenters. The van der Waals surface area contributed by atoms with Crippen molar-refractivity contribution in [1.82, 2.24) is 4.90 Å². The third-order valence-electron chi connectivity index (χ3n) is 4.21. The van der Waals surface area contributed by atoms with Gasteiger partial charge in [0.2, 0.25) is 0 Å². The lowest BCUT2D eigenvalue weighted by molar-refractivity contribution is 0.0607. The van der Waals surface area contributed by atoms with Gasteiger partial charge in [0.15, 0.2) is 0 Å². The second kappa shape index (κ2) is 6.94. The number of likely N-dealkylation sites (tertiary alicyclic amines) is 1. The van der Waals surface area contributed by atoms with E-state index in [1.807, 2.05) is 11.8 Å². The Kier molecular flexibility index (Phi) is 5.23. The van der Waals surface area contributed by atoms with Crippen molar-refractivity contribution in [2.24, 2.45) is 0 Å². The van der Waals surface area contributed by atoms with Crippen molar-refractivity contribution >= 4 is 5.91 Å². The highest BCUT2D eigenvalue weighted by atomic mass is 16.3. The number of carbonyl (C=O) groups is 1. The van der Waals surface area contributed by atoms with Crippen molar-refractivity contribution in [3.63, 3.8) is 0 Å². The van der Waals surface area contributed by atoms with Crippen LogP contribution in [0.3, 0.4) is 0 Å². The number of benzene rings is 1. The Morgan fingerprint density at radius 2 is 2.14 bits per heavy atom. The molecule has 0 spiro atoms. The Balaban J connectivity index is 2.21. The second-order valence-electron chi connectivity index (χ2n) is 6.09. The van der Waals surface area contributed by atoms with Gasteiger partial charge in [-0.3, -0.25) is 4.79 Å². The Labute approximate surface area is 126 Å². The Morgan fingerprint density at radius 1 is 1.38 bits per heavy atom. The van der Waals surface area contributed by atoms with Gasteiger partial charge in [-0.1, -0.05) is 18.9 Å². The Bertz CT molecular complexity index is 499. The van der Waals surface area contributed by atoms with E-state index in [-0.39, 0.29) is 17.7 Å². The van der Waals surface area contributed by atoms with E-state index in [9.17, 15) is 15.0 Å². The standard InChI is InChI=1S/C17H25NO3/c1-12-7-8-14(11-16(12)20)17(21)18-9-5-3-4-6-15(18)10-13(2)19/h7-8,11,13,15,19-20H,3-6,9-10H2,1-2H3. The van der Waals surface area contributed by atoms with Crippen LogP contribution in [0.5, 0.6) is 5.75 Å². The molecular formula is C17H25NO3. The minimum absolute atomic E-state index is 0.0437. The highest BCUT2D eigenvalue weighted by Gasteiger charge is 2.27. The predicted molar refractivity (Wildman–Crippen MR) is 82.4 cm³/mol. The van der Waals surface area contributed by atoms with Crippen molar-refractivity contribution in [3.8, 4) is 5.75 Å². The van der Waals surface area contributed by atoms with E-state index < -0.39 is 6.10 Å². The first-order valence-corrected chi connectivity index (χ1v) is 7.77. The smallest absolute Gasteiger partial charge is 0.254 e. The average Bonchev–Trinajstić information content (AvgIpc) is 2.66. The van der Waals surface area contributed by atoms with Crippen LogP contribution in [0.25, 0.3) is 0 Å². The number of aromatic hydroxyl groups is 1. The van der Waals surface area contributed by atoms with Gasteiger partial charge < -0.3 is 15.1 Å². The quantitative estimate of drug-likeness (QED) is 0.900. The number of aliphatic hydroxyl groups is 1. The molecule has 2 rings (SSSR count). The molecule has 21 heavy (non-hydrogen) atoms. The molecule has 0 aromatic heterocycles. The van der Waals surface area contributed by atoms with Crippen LogP contribution in [0.15, 0.2) is 18.2 Å². The average molecular weight is 291 g/mol. The molecule has 1 aliphatic heterocycles. The molecule has 0 saturated carbocycles. The molecule has 1 aromatic carbocycles. The van der Waals surface area contributed by atoms with Gasteiger partial charge in [-0.05, 0) is 50.8 Å². The third-order valence-corrected chi connectivity index (χ3v) is 4.21. The van der Waals surface area contributed by atoms with Crippen molar-refractivity contribution in [2.75, 3.05) is 6.54 Å². The summed E-state index contributed by atoms with van der Waals surface area (Å²) in [6.07, 6.45) is 4.37. The number of carbonyl (C=O) groups excluding carboxylic acids is 1. The third kappa shape index (κ3) is 3.97. The number of phenolic OH excluding ortho intramolecular Hbond substituents is 1. The van der Waals surface area contributed by atoms with E-state index in [0.717, 1.165) is 37.8 Å². The maximum absolute atomic E-state index is 12.7. The lowest BCUT2D eigenvalue weighted by atomic mass is 10.0. The molecule has 0 aliphatic carbocycles. The molecule has 1 heterocycles. The van der Waals surface area contributed by atoms with Gasteiger partial charge in [0.1, 0.15) is 5.75 Å². The first-order chi connectivity index (χ1) is 9.99. The number of hydrogen-bond acceptors (Lipinski definition) is 3. The molecule has 1 amide bonds. The predicted octanol–water partition coefficient (Wildman–Crippen LogP) is 2.86. The summed E-state index contributed by atoms with van der Waals surface area (Å²) in [6, 6.07) is 5.16. The molecule has 2 N–H and O–H groups in total. The summed E-state index contributed by atoms with van der Waals surface area (Å²) in [5, 5.41) is 19.5. The van der Waals surface area contributed by atoms with E-state index in [1.165, 1.54) is 0 Å². The van der Waals surface area contributed by atoms with Crippen LogP contribution >= 0.6 is 0 Å². The molecule has 4 heteroatoms. The molecule has 1 aromatic rings. The van der Waals surface area contributed by atoms with Gasteiger partial charge in [0.05, 0.1) is 6.10 Å². The summed E-state index contributed by atoms with van der Waals surface area (Å²) in [7, 11) is 0. The summed E-state index contributed by atoms with van der Waals surface area (Å²) < 4.78 is 0. The zero-order valence-electron chi connectivity index (χ0n) is 12.9. The van der Waals surface area contributed by atoms with Crippen LogP contribution in [-0.4, -0.2) is 39.7 Å². The summed E-state index contributed by atoms with van der Waals surface area (Å²) in [5.41, 5.74) is 1.29. The fraction of sp³-hybridized carbons (Fsp3) is 0.588. The van der Waals surface area contributed by atoms with E-state index >= 15 is 0 Å². The maximum atomic E-state index is 12.7. The molecular weight excluding hydrogens is 266 g/mol. The van der Waals surface area contributed by atoms with Crippen LogP contribution in [0.4, 0.5) is 0 Å². The minimum atomic E-state index is -0.408. The van der Waals surface area contributed by atoms with Crippen molar-refractivity contribution in [3.05, 3.63) is 29.3 Å². The zero-order valence-corrected chi connectivity index (χ0v) is 12.9. The van der Waals surface area contributed by atoms with Gasteiger partial charge in [-0.25, -0.2) is 0 Å². The molecule has 1 fully saturated rings. The lowest BCUT2D eigenvalue weighted by Crippen LogP contribution is -2.41. The largest absolute Gasteiger partial charge is 0.508 e. The molecule has 1 aliphatic rings. The van der Waals surface area contributed by atoms with Crippen LogP contribution < -0.4 is 0 Å². The number of amides is 1.